The van der Waals surface area contributed by atoms with Crippen LogP contribution in [0.5, 0.6) is 0 Å². The SMILES string of the molecule is COCCNc1nc(N)c(C(=O)NCC(C)(C)C(C)C)s1. The molecule has 21 heavy (non-hydrogen) atoms. The predicted octanol–water partition coefficient (Wildman–Crippen LogP) is 2.20. The molecular formula is C14H26N4O2S. The molecule has 0 spiro atoms. The molecule has 0 saturated carbocycles. The fourth-order valence-electron chi connectivity index (χ4n) is 1.42. The van der Waals surface area contributed by atoms with Crippen molar-refractivity contribution < 1.29 is 9.53 Å². The Morgan fingerprint density at radius 2 is 2.14 bits per heavy atom. The number of nitrogens with one attached hydrogen (secondary N) is 2. The molecule has 7 heteroatoms. The predicted molar refractivity (Wildman–Crippen MR) is 87.8 cm³/mol. The molecular weight excluding hydrogens is 288 g/mol. The summed E-state index contributed by atoms with van der Waals surface area (Å²) in [6.45, 7) is 10.4. The van der Waals surface area contributed by atoms with Crippen molar-refractivity contribution in [3.63, 3.8) is 0 Å². The lowest BCUT2D eigenvalue weighted by Crippen LogP contribution is -2.36. The summed E-state index contributed by atoms with van der Waals surface area (Å²) in [6, 6.07) is 0. The molecule has 0 bridgehead atoms. The number of aromatic nitrogens is 1. The van der Waals surface area contributed by atoms with Gasteiger partial charge in [-0.2, -0.15) is 0 Å². The van der Waals surface area contributed by atoms with E-state index >= 15 is 0 Å². The molecule has 0 saturated heterocycles. The molecule has 120 valence electrons. The average molecular weight is 314 g/mol. The molecule has 0 aliphatic carbocycles. The number of hydrogen-bond donors (Lipinski definition) is 3. The van der Waals surface area contributed by atoms with Crippen molar-refractivity contribution >= 4 is 28.2 Å². The molecule has 1 rings (SSSR count). The summed E-state index contributed by atoms with van der Waals surface area (Å²) >= 11 is 1.26. The van der Waals surface area contributed by atoms with Crippen molar-refractivity contribution in [1.29, 1.82) is 0 Å². The number of ether oxygens (including phenoxy) is 1. The van der Waals surface area contributed by atoms with Gasteiger partial charge in [-0.15, -0.1) is 0 Å². The number of rotatable bonds is 8. The Labute approximate surface area is 130 Å². The molecule has 0 aromatic carbocycles. The van der Waals surface area contributed by atoms with E-state index in [-0.39, 0.29) is 17.1 Å². The van der Waals surface area contributed by atoms with Gasteiger partial charge in [0.1, 0.15) is 10.7 Å². The second-order valence-corrected chi connectivity index (χ2v) is 6.98. The molecule has 4 N–H and O–H groups in total. The number of nitrogen functional groups attached to an aromatic ring is 1. The van der Waals surface area contributed by atoms with Crippen LogP contribution >= 0.6 is 11.3 Å². The van der Waals surface area contributed by atoms with E-state index in [0.29, 0.717) is 35.6 Å². The molecule has 0 aliphatic rings. The van der Waals surface area contributed by atoms with Gasteiger partial charge in [-0.3, -0.25) is 4.79 Å². The highest BCUT2D eigenvalue weighted by Crippen LogP contribution is 2.27. The summed E-state index contributed by atoms with van der Waals surface area (Å²) in [6.07, 6.45) is 0. The first-order chi connectivity index (χ1) is 9.77. The summed E-state index contributed by atoms with van der Waals surface area (Å²) in [4.78, 5) is 16.8. The number of hydrogen-bond acceptors (Lipinski definition) is 6. The number of nitrogens with zero attached hydrogens (tertiary/aromatic N) is 1. The molecule has 1 amide bonds. The van der Waals surface area contributed by atoms with Gasteiger partial charge in [-0.05, 0) is 11.3 Å². The monoisotopic (exact) mass is 314 g/mol. The van der Waals surface area contributed by atoms with Gasteiger partial charge in [0.2, 0.25) is 0 Å². The van der Waals surface area contributed by atoms with E-state index in [0.717, 1.165) is 0 Å². The van der Waals surface area contributed by atoms with E-state index < -0.39 is 0 Å². The normalized spacial score (nSPS) is 11.7. The number of anilines is 2. The van der Waals surface area contributed by atoms with Gasteiger partial charge in [0, 0.05) is 20.2 Å². The summed E-state index contributed by atoms with van der Waals surface area (Å²) in [7, 11) is 1.63. The van der Waals surface area contributed by atoms with Crippen molar-refractivity contribution in [2.45, 2.75) is 27.7 Å². The number of nitrogens with two attached hydrogens (primary N) is 1. The lowest BCUT2D eigenvalue weighted by molar-refractivity contribution is 0.0929. The quantitative estimate of drug-likeness (QED) is 0.640. The van der Waals surface area contributed by atoms with Crippen molar-refractivity contribution in [3.05, 3.63) is 4.88 Å². The Bertz CT molecular complexity index is 472. The Balaban J connectivity index is 2.62. The number of thiazole rings is 1. The van der Waals surface area contributed by atoms with Crippen LogP contribution in [-0.4, -0.2) is 37.7 Å². The zero-order valence-electron chi connectivity index (χ0n) is 13.4. The first kappa shape index (κ1) is 17.7. The third-order valence-corrected chi connectivity index (χ3v) is 4.74. The number of methoxy groups -OCH3 is 1. The minimum atomic E-state index is -0.168. The lowest BCUT2D eigenvalue weighted by Gasteiger charge is -2.29. The van der Waals surface area contributed by atoms with Crippen LogP contribution in [0.1, 0.15) is 37.4 Å². The number of amides is 1. The molecule has 0 atom stereocenters. The maximum absolute atomic E-state index is 12.2. The van der Waals surface area contributed by atoms with Gasteiger partial charge < -0.3 is 21.1 Å². The highest BCUT2D eigenvalue weighted by Gasteiger charge is 2.24. The minimum absolute atomic E-state index is 0.0364. The van der Waals surface area contributed by atoms with E-state index in [2.05, 4.69) is 43.3 Å². The van der Waals surface area contributed by atoms with E-state index in [1.807, 2.05) is 0 Å². The summed E-state index contributed by atoms with van der Waals surface area (Å²) in [5, 5.41) is 6.65. The molecule has 0 aliphatic heterocycles. The summed E-state index contributed by atoms with van der Waals surface area (Å²) < 4.78 is 4.95. The van der Waals surface area contributed by atoms with Gasteiger partial charge in [0.25, 0.3) is 5.91 Å². The van der Waals surface area contributed by atoms with Crippen molar-refractivity contribution in [2.24, 2.45) is 11.3 Å². The smallest absolute Gasteiger partial charge is 0.265 e. The largest absolute Gasteiger partial charge is 0.383 e. The Morgan fingerprint density at radius 3 is 2.71 bits per heavy atom. The van der Waals surface area contributed by atoms with Crippen LogP contribution in [0.3, 0.4) is 0 Å². The first-order valence-corrected chi connectivity index (χ1v) is 7.87. The van der Waals surface area contributed by atoms with E-state index in [1.54, 1.807) is 7.11 Å². The topological polar surface area (TPSA) is 89.3 Å². The molecule has 0 radical (unpaired) electrons. The van der Waals surface area contributed by atoms with Crippen LogP contribution in [0.2, 0.25) is 0 Å². The van der Waals surface area contributed by atoms with Crippen LogP contribution in [0.4, 0.5) is 10.9 Å². The fourth-order valence-corrected chi connectivity index (χ4v) is 2.25. The van der Waals surface area contributed by atoms with Crippen LogP contribution < -0.4 is 16.4 Å². The summed E-state index contributed by atoms with van der Waals surface area (Å²) in [5.41, 5.74) is 5.85. The first-order valence-electron chi connectivity index (χ1n) is 7.05. The van der Waals surface area contributed by atoms with Crippen molar-refractivity contribution in [3.8, 4) is 0 Å². The fraction of sp³-hybridized carbons (Fsp3) is 0.714. The Kier molecular flexibility index (Phi) is 6.42. The van der Waals surface area contributed by atoms with Crippen LogP contribution in [-0.2, 0) is 4.74 Å². The number of carbonyl (C=O) groups excluding carboxylic acids is 1. The third kappa shape index (κ3) is 5.17. The third-order valence-electron chi connectivity index (χ3n) is 3.71. The lowest BCUT2D eigenvalue weighted by atomic mass is 9.81. The van der Waals surface area contributed by atoms with Crippen LogP contribution in [0, 0.1) is 11.3 Å². The van der Waals surface area contributed by atoms with Gasteiger partial charge in [0.05, 0.1) is 6.61 Å². The Hall–Kier alpha value is -1.34. The van der Waals surface area contributed by atoms with Crippen molar-refractivity contribution in [1.82, 2.24) is 10.3 Å². The number of carbonyl (C=O) groups is 1. The van der Waals surface area contributed by atoms with Gasteiger partial charge in [-0.1, -0.05) is 39.0 Å². The zero-order chi connectivity index (χ0) is 16.0. The standard InChI is InChI=1S/C14H26N4O2S/c1-9(2)14(3,4)8-17-12(19)10-11(15)18-13(21-10)16-6-7-20-5/h9H,6-8,15H2,1-5H3,(H,16,18)(H,17,19). The van der Waals surface area contributed by atoms with Gasteiger partial charge in [0.15, 0.2) is 5.13 Å². The van der Waals surface area contributed by atoms with E-state index in [1.165, 1.54) is 11.3 Å². The van der Waals surface area contributed by atoms with Gasteiger partial charge in [-0.25, -0.2) is 4.98 Å². The second-order valence-electron chi connectivity index (χ2n) is 5.98. The molecule has 0 unspecified atom stereocenters. The summed E-state index contributed by atoms with van der Waals surface area (Å²) in [5.74, 6) is 0.571. The molecule has 1 heterocycles. The van der Waals surface area contributed by atoms with Crippen molar-refractivity contribution in [2.75, 3.05) is 37.9 Å². The maximum atomic E-state index is 12.2. The second kappa shape index (κ2) is 7.61. The Morgan fingerprint density at radius 1 is 1.48 bits per heavy atom. The average Bonchev–Trinajstić information content (AvgIpc) is 2.77. The molecule has 1 aromatic rings. The van der Waals surface area contributed by atoms with Gasteiger partial charge >= 0.3 is 0 Å². The van der Waals surface area contributed by atoms with E-state index in [9.17, 15) is 4.79 Å². The van der Waals surface area contributed by atoms with E-state index in [4.69, 9.17) is 10.5 Å². The highest BCUT2D eigenvalue weighted by atomic mass is 32.1. The van der Waals surface area contributed by atoms with Crippen LogP contribution in [0.25, 0.3) is 0 Å². The minimum Gasteiger partial charge on any atom is -0.383 e. The molecule has 1 aromatic heterocycles. The highest BCUT2D eigenvalue weighted by molar-refractivity contribution is 7.18. The molecule has 0 fully saturated rings. The van der Waals surface area contributed by atoms with Crippen LogP contribution in [0.15, 0.2) is 0 Å². The maximum Gasteiger partial charge on any atom is 0.265 e. The zero-order valence-corrected chi connectivity index (χ0v) is 14.3. The molecule has 6 nitrogen and oxygen atoms in total.